The average Bonchev–Trinajstić information content (AvgIpc) is 2.65. The standard InChI is InChI=1S/C19H18ClF3N2O4/c1-11-2-3-13(15(6-11)29-10-19(21,22)23)24-9-18(26)25-14-8-17-16(7-12(14)20)27-4-5-28-17/h2-3,6-8,24H,4-5,9-10H2,1H3,(H,25,26). The zero-order valence-electron chi connectivity index (χ0n) is 15.4. The predicted molar refractivity (Wildman–Crippen MR) is 102 cm³/mol. The molecule has 3 rings (SSSR count). The summed E-state index contributed by atoms with van der Waals surface area (Å²) in [5.74, 6) is 0.507. The molecule has 156 valence electrons. The summed E-state index contributed by atoms with van der Waals surface area (Å²) in [7, 11) is 0. The molecular formula is C19H18ClF3N2O4. The fraction of sp³-hybridized carbons (Fsp3) is 0.316. The van der Waals surface area contributed by atoms with Crippen LogP contribution in [-0.4, -0.2) is 38.4 Å². The fourth-order valence-electron chi connectivity index (χ4n) is 2.58. The van der Waals surface area contributed by atoms with Gasteiger partial charge in [-0.25, -0.2) is 0 Å². The van der Waals surface area contributed by atoms with Crippen molar-refractivity contribution >= 4 is 28.9 Å². The molecule has 0 saturated heterocycles. The van der Waals surface area contributed by atoms with Crippen molar-refractivity contribution in [3.63, 3.8) is 0 Å². The number of ether oxygens (including phenoxy) is 3. The Morgan fingerprint density at radius 3 is 2.52 bits per heavy atom. The zero-order chi connectivity index (χ0) is 21.0. The molecule has 29 heavy (non-hydrogen) atoms. The summed E-state index contributed by atoms with van der Waals surface area (Å²) >= 11 is 6.15. The summed E-state index contributed by atoms with van der Waals surface area (Å²) in [5.41, 5.74) is 1.32. The maximum Gasteiger partial charge on any atom is 0.422 e. The second kappa shape index (κ2) is 8.69. The summed E-state index contributed by atoms with van der Waals surface area (Å²) in [5, 5.41) is 5.67. The van der Waals surface area contributed by atoms with Crippen LogP contribution in [0.2, 0.25) is 5.02 Å². The van der Waals surface area contributed by atoms with Gasteiger partial charge in [-0.05, 0) is 24.6 Å². The van der Waals surface area contributed by atoms with Crippen molar-refractivity contribution in [3.05, 3.63) is 40.9 Å². The molecule has 1 aliphatic rings. The van der Waals surface area contributed by atoms with E-state index < -0.39 is 18.7 Å². The smallest absolute Gasteiger partial charge is 0.422 e. The molecule has 0 aromatic heterocycles. The largest absolute Gasteiger partial charge is 0.486 e. The molecule has 6 nitrogen and oxygen atoms in total. The summed E-state index contributed by atoms with van der Waals surface area (Å²) < 4.78 is 53.0. The van der Waals surface area contributed by atoms with E-state index in [0.29, 0.717) is 30.4 Å². The molecule has 0 aliphatic carbocycles. The number of hydrogen-bond acceptors (Lipinski definition) is 5. The quantitative estimate of drug-likeness (QED) is 0.710. The number of benzene rings is 2. The first-order chi connectivity index (χ1) is 13.7. The average molecular weight is 431 g/mol. The number of amides is 1. The molecule has 1 amide bonds. The van der Waals surface area contributed by atoms with Crippen LogP contribution in [-0.2, 0) is 4.79 Å². The Morgan fingerprint density at radius 2 is 1.83 bits per heavy atom. The number of aryl methyl sites for hydroxylation is 1. The van der Waals surface area contributed by atoms with Crippen LogP contribution < -0.4 is 24.8 Å². The topological polar surface area (TPSA) is 68.8 Å². The number of rotatable bonds is 6. The molecule has 0 spiro atoms. The molecule has 0 atom stereocenters. The van der Waals surface area contributed by atoms with Gasteiger partial charge in [-0.1, -0.05) is 17.7 Å². The molecular weight excluding hydrogens is 413 g/mol. The van der Waals surface area contributed by atoms with Crippen LogP contribution in [0, 0.1) is 6.92 Å². The highest BCUT2D eigenvalue weighted by molar-refractivity contribution is 6.34. The molecule has 2 N–H and O–H groups in total. The van der Waals surface area contributed by atoms with Crippen LogP contribution in [0.3, 0.4) is 0 Å². The van der Waals surface area contributed by atoms with Crippen LogP contribution in [0.5, 0.6) is 17.2 Å². The Morgan fingerprint density at radius 1 is 1.14 bits per heavy atom. The summed E-state index contributed by atoms with van der Waals surface area (Å²) in [4.78, 5) is 12.3. The lowest BCUT2D eigenvalue weighted by Crippen LogP contribution is -2.23. The Balaban J connectivity index is 1.64. The van der Waals surface area contributed by atoms with Gasteiger partial charge in [-0.2, -0.15) is 13.2 Å². The Hall–Kier alpha value is -2.81. The second-order valence-corrected chi connectivity index (χ2v) is 6.69. The molecule has 0 bridgehead atoms. The number of alkyl halides is 3. The van der Waals surface area contributed by atoms with Crippen molar-refractivity contribution < 1.29 is 32.2 Å². The zero-order valence-corrected chi connectivity index (χ0v) is 16.1. The van der Waals surface area contributed by atoms with Gasteiger partial charge in [0, 0.05) is 12.1 Å². The van der Waals surface area contributed by atoms with Crippen molar-refractivity contribution in [1.82, 2.24) is 0 Å². The lowest BCUT2D eigenvalue weighted by molar-refractivity contribution is -0.153. The van der Waals surface area contributed by atoms with E-state index in [0.717, 1.165) is 5.56 Å². The lowest BCUT2D eigenvalue weighted by atomic mass is 10.2. The molecule has 2 aromatic rings. The molecule has 2 aromatic carbocycles. The van der Waals surface area contributed by atoms with Gasteiger partial charge in [-0.15, -0.1) is 0 Å². The number of fused-ring (bicyclic) bond motifs is 1. The summed E-state index contributed by atoms with van der Waals surface area (Å²) in [6.45, 7) is 0.882. The van der Waals surface area contributed by atoms with Crippen LogP contribution >= 0.6 is 11.6 Å². The van der Waals surface area contributed by atoms with Gasteiger partial charge in [0.1, 0.15) is 19.0 Å². The first-order valence-electron chi connectivity index (χ1n) is 8.64. The van der Waals surface area contributed by atoms with Gasteiger partial charge in [0.25, 0.3) is 0 Å². The van der Waals surface area contributed by atoms with E-state index in [-0.39, 0.29) is 23.0 Å². The molecule has 0 radical (unpaired) electrons. The third kappa shape index (κ3) is 5.83. The molecule has 10 heteroatoms. The second-order valence-electron chi connectivity index (χ2n) is 6.28. The van der Waals surface area contributed by atoms with Crippen molar-refractivity contribution in [2.24, 2.45) is 0 Å². The number of hydrogen-bond donors (Lipinski definition) is 2. The van der Waals surface area contributed by atoms with Crippen molar-refractivity contribution in [1.29, 1.82) is 0 Å². The Labute approximate surface area is 169 Å². The highest BCUT2D eigenvalue weighted by Crippen LogP contribution is 2.38. The Bertz CT molecular complexity index is 906. The van der Waals surface area contributed by atoms with E-state index in [4.69, 9.17) is 25.8 Å². The third-order valence-electron chi connectivity index (χ3n) is 3.87. The van der Waals surface area contributed by atoms with Crippen molar-refractivity contribution in [2.75, 3.05) is 37.0 Å². The maximum absolute atomic E-state index is 12.4. The molecule has 1 aliphatic heterocycles. The molecule has 0 unspecified atom stereocenters. The number of carbonyl (C=O) groups is 1. The highest BCUT2D eigenvalue weighted by Gasteiger charge is 2.29. The fourth-order valence-corrected chi connectivity index (χ4v) is 2.79. The predicted octanol–water partition coefficient (Wildman–Crippen LogP) is 4.41. The van der Waals surface area contributed by atoms with E-state index in [1.54, 1.807) is 31.2 Å². The lowest BCUT2D eigenvalue weighted by Gasteiger charge is -2.20. The van der Waals surface area contributed by atoms with E-state index >= 15 is 0 Å². The van der Waals surface area contributed by atoms with E-state index in [9.17, 15) is 18.0 Å². The van der Waals surface area contributed by atoms with E-state index in [1.807, 2.05) is 0 Å². The monoisotopic (exact) mass is 430 g/mol. The number of anilines is 2. The van der Waals surface area contributed by atoms with Gasteiger partial charge in [0.15, 0.2) is 18.1 Å². The first kappa shape index (κ1) is 20.9. The normalized spacial score (nSPS) is 13.0. The highest BCUT2D eigenvalue weighted by atomic mass is 35.5. The van der Waals surface area contributed by atoms with Crippen LogP contribution in [0.4, 0.5) is 24.5 Å². The summed E-state index contributed by atoms with van der Waals surface area (Å²) in [6, 6.07) is 7.80. The Kier molecular flexibility index (Phi) is 6.26. The number of nitrogens with one attached hydrogen (secondary N) is 2. The first-order valence-corrected chi connectivity index (χ1v) is 9.02. The van der Waals surface area contributed by atoms with E-state index in [2.05, 4.69) is 10.6 Å². The van der Waals surface area contributed by atoms with Gasteiger partial charge in [0.05, 0.1) is 22.9 Å². The minimum absolute atomic E-state index is 0.00693. The van der Waals surface area contributed by atoms with Crippen molar-refractivity contribution in [3.8, 4) is 17.2 Å². The molecule has 1 heterocycles. The van der Waals surface area contributed by atoms with Gasteiger partial charge >= 0.3 is 6.18 Å². The minimum Gasteiger partial charge on any atom is -0.486 e. The van der Waals surface area contributed by atoms with Gasteiger partial charge in [0.2, 0.25) is 5.91 Å². The van der Waals surface area contributed by atoms with Crippen molar-refractivity contribution in [2.45, 2.75) is 13.1 Å². The molecule has 0 saturated carbocycles. The van der Waals surface area contributed by atoms with E-state index in [1.165, 1.54) is 6.07 Å². The minimum atomic E-state index is -4.46. The number of halogens is 4. The van der Waals surface area contributed by atoms with Crippen LogP contribution in [0.25, 0.3) is 0 Å². The van der Waals surface area contributed by atoms with Crippen LogP contribution in [0.1, 0.15) is 5.56 Å². The maximum atomic E-state index is 12.4. The summed E-state index contributed by atoms with van der Waals surface area (Å²) in [6.07, 6.45) is -4.46. The van der Waals surface area contributed by atoms with Gasteiger partial charge in [-0.3, -0.25) is 4.79 Å². The molecule has 0 fully saturated rings. The van der Waals surface area contributed by atoms with Crippen LogP contribution in [0.15, 0.2) is 30.3 Å². The SMILES string of the molecule is Cc1ccc(NCC(=O)Nc2cc3c(cc2Cl)OCCO3)c(OCC(F)(F)F)c1. The number of carbonyl (C=O) groups excluding carboxylic acids is 1. The third-order valence-corrected chi connectivity index (χ3v) is 4.19. The van der Waals surface area contributed by atoms with Gasteiger partial charge < -0.3 is 24.8 Å².